The predicted octanol–water partition coefficient (Wildman–Crippen LogP) is 0.719. The summed E-state index contributed by atoms with van der Waals surface area (Å²) in [6.45, 7) is 4.94. The quantitative estimate of drug-likeness (QED) is 0.806. The molecule has 2 rings (SSSR count). The molecule has 4 nitrogen and oxygen atoms in total. The number of benzene rings is 1. The zero-order chi connectivity index (χ0) is 12.1. The third kappa shape index (κ3) is 3.54. The van der Waals surface area contributed by atoms with Gasteiger partial charge in [-0.2, -0.15) is 0 Å². The van der Waals surface area contributed by atoms with Gasteiger partial charge in [0.25, 0.3) is 0 Å². The second-order valence-electron chi connectivity index (χ2n) is 4.37. The van der Waals surface area contributed by atoms with Crippen LogP contribution in [0.5, 0.6) is 0 Å². The summed E-state index contributed by atoms with van der Waals surface area (Å²) in [4.78, 5) is 13.1. The molecule has 0 aromatic heterocycles. The van der Waals surface area contributed by atoms with Crippen molar-refractivity contribution < 1.29 is 9.90 Å². The van der Waals surface area contributed by atoms with Crippen LogP contribution in [0, 0.1) is 0 Å². The lowest BCUT2D eigenvalue weighted by atomic mass is 10.0. The Bertz CT molecular complexity index is 387. The van der Waals surface area contributed by atoms with Gasteiger partial charge in [0.15, 0.2) is 0 Å². The first-order valence-corrected chi connectivity index (χ1v) is 5.97. The van der Waals surface area contributed by atoms with E-state index in [9.17, 15) is 4.79 Å². The minimum atomic E-state index is -0.766. The van der Waals surface area contributed by atoms with Crippen LogP contribution < -0.4 is 5.32 Å². The summed E-state index contributed by atoms with van der Waals surface area (Å²) in [5, 5.41) is 12.2. The molecule has 92 valence electrons. The first-order valence-electron chi connectivity index (χ1n) is 5.97. The highest BCUT2D eigenvalue weighted by molar-refractivity contribution is 5.70. The van der Waals surface area contributed by atoms with Crippen molar-refractivity contribution in [2.75, 3.05) is 26.2 Å². The van der Waals surface area contributed by atoms with Crippen LogP contribution in [0.1, 0.15) is 11.1 Å². The number of piperazine rings is 1. The minimum absolute atomic E-state index is 0.113. The van der Waals surface area contributed by atoms with Gasteiger partial charge in [0.1, 0.15) is 0 Å². The molecule has 1 aromatic carbocycles. The Hall–Kier alpha value is -1.39. The van der Waals surface area contributed by atoms with Gasteiger partial charge < -0.3 is 10.4 Å². The molecular weight excluding hydrogens is 216 g/mol. The number of hydrogen-bond donors (Lipinski definition) is 2. The molecule has 0 aliphatic carbocycles. The predicted molar refractivity (Wildman–Crippen MR) is 65.9 cm³/mol. The van der Waals surface area contributed by atoms with Gasteiger partial charge in [-0.1, -0.05) is 24.3 Å². The molecule has 1 heterocycles. The van der Waals surface area contributed by atoms with Crippen molar-refractivity contribution in [3.8, 4) is 0 Å². The number of hydrogen-bond acceptors (Lipinski definition) is 3. The fourth-order valence-electron chi connectivity index (χ4n) is 2.16. The average molecular weight is 234 g/mol. The standard InChI is InChI=1S/C13H18N2O2/c16-13(17)9-11-3-1-2-4-12(11)10-15-7-5-14-6-8-15/h1-4,14H,5-10H2,(H,16,17). The van der Waals surface area contributed by atoms with Gasteiger partial charge in [0.2, 0.25) is 0 Å². The molecule has 1 aliphatic rings. The number of rotatable bonds is 4. The highest BCUT2D eigenvalue weighted by Gasteiger charge is 2.12. The van der Waals surface area contributed by atoms with Crippen LogP contribution in [0.3, 0.4) is 0 Å². The van der Waals surface area contributed by atoms with Gasteiger partial charge in [0.05, 0.1) is 6.42 Å². The second-order valence-corrected chi connectivity index (χ2v) is 4.37. The van der Waals surface area contributed by atoms with E-state index in [-0.39, 0.29) is 6.42 Å². The molecule has 0 amide bonds. The van der Waals surface area contributed by atoms with Crippen LogP contribution in [0.25, 0.3) is 0 Å². The Morgan fingerprint density at radius 3 is 2.53 bits per heavy atom. The van der Waals surface area contributed by atoms with Crippen molar-refractivity contribution >= 4 is 5.97 Å². The smallest absolute Gasteiger partial charge is 0.307 e. The fraction of sp³-hybridized carbons (Fsp3) is 0.462. The summed E-state index contributed by atoms with van der Waals surface area (Å²) in [5.41, 5.74) is 2.07. The number of nitrogens with one attached hydrogen (secondary N) is 1. The summed E-state index contributed by atoms with van der Waals surface area (Å²) in [5.74, 6) is -0.766. The number of aliphatic carboxylic acids is 1. The number of carboxylic acid groups (broad SMARTS) is 1. The van der Waals surface area contributed by atoms with E-state index < -0.39 is 5.97 Å². The Morgan fingerprint density at radius 2 is 1.88 bits per heavy atom. The molecule has 17 heavy (non-hydrogen) atoms. The maximum absolute atomic E-state index is 10.8. The van der Waals surface area contributed by atoms with Gasteiger partial charge >= 0.3 is 5.97 Å². The Morgan fingerprint density at radius 1 is 1.24 bits per heavy atom. The zero-order valence-electron chi connectivity index (χ0n) is 9.85. The third-order valence-corrected chi connectivity index (χ3v) is 3.06. The normalized spacial score (nSPS) is 16.9. The molecule has 0 saturated carbocycles. The van der Waals surface area contributed by atoms with Crippen LogP contribution in [-0.4, -0.2) is 42.2 Å². The molecule has 1 aromatic rings. The molecule has 0 radical (unpaired) electrons. The van der Waals surface area contributed by atoms with E-state index in [0.29, 0.717) is 0 Å². The van der Waals surface area contributed by atoms with Gasteiger partial charge in [-0.05, 0) is 11.1 Å². The van der Waals surface area contributed by atoms with Crippen LogP contribution in [0.15, 0.2) is 24.3 Å². The number of carbonyl (C=O) groups is 1. The molecule has 0 atom stereocenters. The molecule has 4 heteroatoms. The Balaban J connectivity index is 2.05. The molecule has 1 aliphatic heterocycles. The van der Waals surface area contributed by atoms with Crippen LogP contribution >= 0.6 is 0 Å². The highest BCUT2D eigenvalue weighted by Crippen LogP contribution is 2.13. The van der Waals surface area contributed by atoms with Gasteiger partial charge in [0, 0.05) is 32.7 Å². The Labute approximate surface area is 101 Å². The lowest BCUT2D eigenvalue weighted by Crippen LogP contribution is -2.43. The van der Waals surface area contributed by atoms with Crippen LogP contribution in [0.4, 0.5) is 0 Å². The van der Waals surface area contributed by atoms with Crippen molar-refractivity contribution in [3.63, 3.8) is 0 Å². The maximum Gasteiger partial charge on any atom is 0.307 e. The molecular formula is C13H18N2O2. The van der Waals surface area contributed by atoms with Gasteiger partial charge in [-0.3, -0.25) is 9.69 Å². The lowest BCUT2D eigenvalue weighted by molar-refractivity contribution is -0.136. The summed E-state index contributed by atoms with van der Waals surface area (Å²) >= 11 is 0. The number of carboxylic acids is 1. The van der Waals surface area contributed by atoms with E-state index in [1.807, 2.05) is 24.3 Å². The monoisotopic (exact) mass is 234 g/mol. The molecule has 2 N–H and O–H groups in total. The van der Waals surface area contributed by atoms with Crippen LogP contribution in [-0.2, 0) is 17.8 Å². The topological polar surface area (TPSA) is 52.6 Å². The summed E-state index contributed by atoms with van der Waals surface area (Å²) in [6, 6.07) is 7.81. The van der Waals surface area contributed by atoms with E-state index in [4.69, 9.17) is 5.11 Å². The highest BCUT2D eigenvalue weighted by atomic mass is 16.4. The van der Waals surface area contributed by atoms with E-state index in [2.05, 4.69) is 10.2 Å². The van der Waals surface area contributed by atoms with E-state index >= 15 is 0 Å². The number of nitrogens with zero attached hydrogens (tertiary/aromatic N) is 1. The van der Waals surface area contributed by atoms with E-state index in [1.54, 1.807) is 0 Å². The van der Waals surface area contributed by atoms with Gasteiger partial charge in [-0.15, -0.1) is 0 Å². The summed E-state index contributed by atoms with van der Waals surface area (Å²) in [6.07, 6.45) is 0.113. The first kappa shape index (κ1) is 12.1. The largest absolute Gasteiger partial charge is 0.481 e. The molecule has 0 spiro atoms. The molecule has 0 bridgehead atoms. The third-order valence-electron chi connectivity index (χ3n) is 3.06. The summed E-state index contributed by atoms with van der Waals surface area (Å²) in [7, 11) is 0. The molecule has 1 fully saturated rings. The fourth-order valence-corrected chi connectivity index (χ4v) is 2.16. The minimum Gasteiger partial charge on any atom is -0.481 e. The van der Waals surface area contributed by atoms with E-state index in [1.165, 1.54) is 0 Å². The molecule has 1 saturated heterocycles. The Kier molecular flexibility index (Phi) is 4.12. The van der Waals surface area contributed by atoms with Crippen molar-refractivity contribution in [3.05, 3.63) is 35.4 Å². The SMILES string of the molecule is O=C(O)Cc1ccccc1CN1CCNCC1. The summed E-state index contributed by atoms with van der Waals surface area (Å²) < 4.78 is 0. The van der Waals surface area contributed by atoms with E-state index in [0.717, 1.165) is 43.9 Å². The maximum atomic E-state index is 10.8. The molecule has 0 unspecified atom stereocenters. The average Bonchev–Trinajstić information content (AvgIpc) is 2.32. The van der Waals surface area contributed by atoms with Crippen molar-refractivity contribution in [2.24, 2.45) is 0 Å². The van der Waals surface area contributed by atoms with Crippen molar-refractivity contribution in [1.82, 2.24) is 10.2 Å². The van der Waals surface area contributed by atoms with Crippen molar-refractivity contribution in [2.45, 2.75) is 13.0 Å². The lowest BCUT2D eigenvalue weighted by Gasteiger charge is -2.27. The first-order chi connectivity index (χ1) is 8.25. The van der Waals surface area contributed by atoms with Gasteiger partial charge in [-0.25, -0.2) is 0 Å². The second kappa shape index (κ2) is 5.80. The zero-order valence-corrected chi connectivity index (χ0v) is 9.85. The van der Waals surface area contributed by atoms with Crippen LogP contribution in [0.2, 0.25) is 0 Å². The van der Waals surface area contributed by atoms with Crippen molar-refractivity contribution in [1.29, 1.82) is 0 Å².